The van der Waals surface area contributed by atoms with Crippen LogP contribution < -0.4 is 10.6 Å². The average molecular weight is 329 g/mol. The summed E-state index contributed by atoms with van der Waals surface area (Å²) < 4.78 is 5.66. The zero-order valence-corrected chi connectivity index (χ0v) is 14.0. The van der Waals surface area contributed by atoms with Crippen molar-refractivity contribution >= 4 is 11.6 Å². The molecule has 2 aromatic heterocycles. The molecule has 1 saturated heterocycles. The molecule has 1 aliphatic heterocycles. The maximum atomic E-state index is 12.3. The summed E-state index contributed by atoms with van der Waals surface area (Å²) in [6.45, 7) is 6.54. The molecule has 7 nitrogen and oxygen atoms in total. The Labute approximate surface area is 141 Å². The number of aromatic nitrogens is 3. The maximum absolute atomic E-state index is 12.3. The predicted octanol–water partition coefficient (Wildman–Crippen LogP) is 1.92. The van der Waals surface area contributed by atoms with Gasteiger partial charge in [-0.3, -0.25) is 14.9 Å². The van der Waals surface area contributed by atoms with E-state index in [4.69, 9.17) is 4.74 Å². The molecule has 2 aromatic rings. The van der Waals surface area contributed by atoms with E-state index >= 15 is 0 Å². The number of H-pyrrole nitrogens is 1. The number of anilines is 1. The molecule has 128 valence electrons. The van der Waals surface area contributed by atoms with Gasteiger partial charge in [-0.05, 0) is 30.5 Å². The Balaban J connectivity index is 1.60. The second kappa shape index (κ2) is 7.55. The number of amides is 1. The van der Waals surface area contributed by atoms with Crippen molar-refractivity contribution in [3.63, 3.8) is 0 Å². The minimum Gasteiger partial charge on any atom is -0.369 e. The maximum Gasteiger partial charge on any atom is 0.273 e. The highest BCUT2D eigenvalue weighted by Crippen LogP contribution is 2.18. The van der Waals surface area contributed by atoms with Gasteiger partial charge in [0.15, 0.2) is 0 Å². The summed E-state index contributed by atoms with van der Waals surface area (Å²) in [4.78, 5) is 16.6. The van der Waals surface area contributed by atoms with Crippen molar-refractivity contribution < 1.29 is 9.53 Å². The largest absolute Gasteiger partial charge is 0.369 e. The predicted molar refractivity (Wildman–Crippen MR) is 90.9 cm³/mol. The van der Waals surface area contributed by atoms with Gasteiger partial charge in [0.1, 0.15) is 11.8 Å². The third-order valence-corrected chi connectivity index (χ3v) is 3.79. The first-order chi connectivity index (χ1) is 11.6. The topological polar surface area (TPSA) is 91.9 Å². The summed E-state index contributed by atoms with van der Waals surface area (Å²) in [5.74, 6) is 0.278. The van der Waals surface area contributed by atoms with Crippen molar-refractivity contribution in [2.75, 3.05) is 25.0 Å². The SMILES string of the molecule is CC(C)Cc1cc(C(=O)Nc2ccc([C@@H]3CNCCO3)nc2)[nH]n1. The van der Waals surface area contributed by atoms with Gasteiger partial charge in [0.25, 0.3) is 5.91 Å². The summed E-state index contributed by atoms with van der Waals surface area (Å²) in [7, 11) is 0. The van der Waals surface area contributed by atoms with Crippen molar-refractivity contribution in [2.45, 2.75) is 26.4 Å². The van der Waals surface area contributed by atoms with Gasteiger partial charge in [-0.25, -0.2) is 0 Å². The van der Waals surface area contributed by atoms with Gasteiger partial charge in [-0.1, -0.05) is 13.8 Å². The molecule has 0 saturated carbocycles. The molecule has 0 aromatic carbocycles. The number of rotatable bonds is 5. The number of ether oxygens (including phenoxy) is 1. The minimum atomic E-state index is -0.220. The second-order valence-corrected chi connectivity index (χ2v) is 6.36. The molecular weight excluding hydrogens is 306 g/mol. The molecule has 0 unspecified atom stereocenters. The van der Waals surface area contributed by atoms with Crippen molar-refractivity contribution in [2.24, 2.45) is 5.92 Å². The van der Waals surface area contributed by atoms with Crippen LogP contribution in [0.5, 0.6) is 0 Å². The summed E-state index contributed by atoms with van der Waals surface area (Å²) in [6.07, 6.45) is 2.46. The lowest BCUT2D eigenvalue weighted by Gasteiger charge is -2.23. The number of pyridine rings is 1. The van der Waals surface area contributed by atoms with Crippen LogP contribution in [0.4, 0.5) is 5.69 Å². The Bertz CT molecular complexity index is 675. The number of aromatic amines is 1. The quantitative estimate of drug-likeness (QED) is 0.779. The Hall–Kier alpha value is -2.25. The van der Waals surface area contributed by atoms with E-state index in [2.05, 4.69) is 39.7 Å². The van der Waals surface area contributed by atoms with Crippen molar-refractivity contribution in [1.29, 1.82) is 0 Å². The number of morpholine rings is 1. The van der Waals surface area contributed by atoms with E-state index in [0.29, 0.717) is 23.9 Å². The van der Waals surface area contributed by atoms with Crippen LogP contribution in [-0.2, 0) is 11.2 Å². The smallest absolute Gasteiger partial charge is 0.273 e. The molecule has 3 heterocycles. The van der Waals surface area contributed by atoms with Crippen LogP contribution >= 0.6 is 0 Å². The Morgan fingerprint density at radius 3 is 3.00 bits per heavy atom. The van der Waals surface area contributed by atoms with Crippen LogP contribution in [0.25, 0.3) is 0 Å². The lowest BCUT2D eigenvalue weighted by Crippen LogP contribution is -2.33. The lowest BCUT2D eigenvalue weighted by molar-refractivity contribution is 0.0250. The average Bonchev–Trinajstić information content (AvgIpc) is 3.04. The number of hydrogen-bond acceptors (Lipinski definition) is 5. The molecule has 1 amide bonds. The highest BCUT2D eigenvalue weighted by Gasteiger charge is 2.17. The van der Waals surface area contributed by atoms with Crippen molar-refractivity contribution in [1.82, 2.24) is 20.5 Å². The summed E-state index contributed by atoms with van der Waals surface area (Å²) in [5, 5.41) is 13.1. The Morgan fingerprint density at radius 2 is 2.33 bits per heavy atom. The minimum absolute atomic E-state index is 0.0327. The third kappa shape index (κ3) is 4.18. The van der Waals surface area contributed by atoms with Gasteiger partial charge < -0.3 is 15.4 Å². The highest BCUT2D eigenvalue weighted by molar-refractivity contribution is 6.02. The van der Waals surface area contributed by atoms with E-state index in [1.165, 1.54) is 0 Å². The molecular formula is C17H23N5O2. The zero-order chi connectivity index (χ0) is 16.9. The molecule has 0 aliphatic carbocycles. The number of hydrogen-bond donors (Lipinski definition) is 3. The van der Waals surface area contributed by atoms with Crippen molar-refractivity contribution in [3.8, 4) is 0 Å². The van der Waals surface area contributed by atoms with E-state index in [0.717, 1.165) is 30.9 Å². The van der Waals surface area contributed by atoms with Crippen molar-refractivity contribution in [3.05, 3.63) is 41.5 Å². The fraction of sp³-hybridized carbons (Fsp3) is 0.471. The standard InChI is InChI=1S/C17H23N5O2/c1-11(2)7-13-8-15(22-21-13)17(23)20-12-3-4-14(19-9-12)16-10-18-5-6-24-16/h3-4,8-9,11,16,18H,5-7,10H2,1-2H3,(H,20,23)(H,21,22)/t16-/m0/s1. The molecule has 0 spiro atoms. The Morgan fingerprint density at radius 1 is 1.46 bits per heavy atom. The second-order valence-electron chi connectivity index (χ2n) is 6.36. The van der Waals surface area contributed by atoms with Crippen LogP contribution in [0, 0.1) is 5.92 Å². The van der Waals surface area contributed by atoms with E-state index in [1.807, 2.05) is 12.1 Å². The third-order valence-electron chi connectivity index (χ3n) is 3.79. The van der Waals surface area contributed by atoms with Gasteiger partial charge in [0.2, 0.25) is 0 Å². The van der Waals surface area contributed by atoms with Gasteiger partial charge in [0, 0.05) is 13.1 Å². The number of nitrogens with zero attached hydrogens (tertiary/aromatic N) is 2. The van der Waals surface area contributed by atoms with Crippen LogP contribution in [0.2, 0.25) is 0 Å². The summed E-state index contributed by atoms with van der Waals surface area (Å²) >= 11 is 0. The first-order valence-corrected chi connectivity index (χ1v) is 8.25. The van der Waals surface area contributed by atoms with E-state index in [1.54, 1.807) is 12.3 Å². The van der Waals surface area contributed by atoms with Gasteiger partial charge in [-0.15, -0.1) is 0 Å². The molecule has 3 N–H and O–H groups in total. The normalized spacial score (nSPS) is 17.9. The van der Waals surface area contributed by atoms with Gasteiger partial charge in [0.05, 0.1) is 29.9 Å². The molecule has 3 rings (SSSR count). The fourth-order valence-electron chi connectivity index (χ4n) is 2.63. The Kier molecular flexibility index (Phi) is 5.22. The molecule has 1 fully saturated rings. The number of carbonyl (C=O) groups is 1. The highest BCUT2D eigenvalue weighted by atomic mass is 16.5. The number of nitrogens with one attached hydrogen (secondary N) is 3. The molecule has 1 aliphatic rings. The molecule has 0 radical (unpaired) electrons. The van der Waals surface area contributed by atoms with Crippen LogP contribution in [-0.4, -0.2) is 40.8 Å². The van der Waals surface area contributed by atoms with Crippen LogP contribution in [0.3, 0.4) is 0 Å². The monoisotopic (exact) mass is 329 g/mol. The zero-order valence-electron chi connectivity index (χ0n) is 14.0. The van der Waals surface area contributed by atoms with Crippen LogP contribution in [0.1, 0.15) is 41.8 Å². The molecule has 1 atom stereocenters. The van der Waals surface area contributed by atoms with Gasteiger partial charge in [-0.2, -0.15) is 5.10 Å². The van der Waals surface area contributed by atoms with Gasteiger partial charge >= 0.3 is 0 Å². The van der Waals surface area contributed by atoms with E-state index in [9.17, 15) is 4.79 Å². The van der Waals surface area contributed by atoms with Crippen LogP contribution in [0.15, 0.2) is 24.4 Å². The first-order valence-electron chi connectivity index (χ1n) is 8.25. The molecule has 24 heavy (non-hydrogen) atoms. The fourth-order valence-corrected chi connectivity index (χ4v) is 2.63. The van der Waals surface area contributed by atoms with E-state index < -0.39 is 0 Å². The molecule has 7 heteroatoms. The summed E-state index contributed by atoms with van der Waals surface area (Å²) in [6, 6.07) is 5.51. The van der Waals surface area contributed by atoms with E-state index in [-0.39, 0.29) is 12.0 Å². The first kappa shape index (κ1) is 16.6. The molecule has 0 bridgehead atoms. The number of carbonyl (C=O) groups excluding carboxylic acids is 1. The summed E-state index contributed by atoms with van der Waals surface area (Å²) in [5.41, 5.74) is 2.86. The lowest BCUT2D eigenvalue weighted by atomic mass is 10.1.